The molecule has 0 radical (unpaired) electrons. The van der Waals surface area contributed by atoms with E-state index in [1.807, 2.05) is 0 Å². The van der Waals surface area contributed by atoms with E-state index < -0.39 is 8.80 Å². The van der Waals surface area contributed by atoms with E-state index in [9.17, 15) is 4.79 Å². The Morgan fingerprint density at radius 2 is 1.56 bits per heavy atom. The number of hydrogen-bond donors (Lipinski definition) is 0. The lowest BCUT2D eigenvalue weighted by molar-refractivity contribution is -0.144. The van der Waals surface area contributed by atoms with E-state index in [4.69, 9.17) is 22.8 Å². The molecule has 0 saturated heterocycles. The molecule has 0 unspecified atom stereocenters. The minimum Gasteiger partial charge on any atom is -0.463 e. The van der Waals surface area contributed by atoms with Gasteiger partial charge in [-0.3, -0.25) is 4.79 Å². The maximum atomic E-state index is 11.3. The summed E-state index contributed by atoms with van der Waals surface area (Å²) in [6, 6.07) is 0.405. The Kier molecular flexibility index (Phi) is 8.40. The topological polar surface area (TPSA) is 63.2 Å². The number of esters is 1. The van der Waals surface area contributed by atoms with Gasteiger partial charge in [0.05, 0.1) is 6.61 Å². The van der Waals surface area contributed by atoms with E-state index in [-0.39, 0.29) is 19.0 Å². The molecule has 0 saturated carbocycles. The monoisotopic (exact) mass is 252 g/mol. The highest BCUT2D eigenvalue weighted by Gasteiger charge is 2.38. The molecule has 0 bridgehead atoms. The van der Waals surface area contributed by atoms with Gasteiger partial charge >= 0.3 is 14.8 Å². The smallest absolute Gasteiger partial charge is 0.463 e. The molecule has 0 aliphatic heterocycles. The van der Waals surface area contributed by atoms with Gasteiger partial charge in [-0.25, -0.2) is 0 Å². The summed E-state index contributed by atoms with van der Waals surface area (Å²) < 4.78 is 25.2. The Labute approximate surface area is 97.1 Å². The van der Waals surface area contributed by atoms with Crippen molar-refractivity contribution in [1.29, 1.82) is 0 Å². The second kappa shape index (κ2) is 8.65. The van der Waals surface area contributed by atoms with Crippen LogP contribution in [0.5, 0.6) is 0 Å². The molecule has 7 heteroatoms. The van der Waals surface area contributed by atoms with Crippen LogP contribution in [-0.2, 0) is 27.5 Å². The lowest BCUT2D eigenvalue weighted by Gasteiger charge is -2.23. The van der Waals surface area contributed by atoms with Gasteiger partial charge in [0.1, 0.15) is 6.61 Å². The highest BCUT2D eigenvalue weighted by molar-refractivity contribution is 6.60. The summed E-state index contributed by atoms with van der Waals surface area (Å²) in [6.45, 7) is 0.657. The van der Waals surface area contributed by atoms with E-state index in [1.54, 1.807) is 7.11 Å². The molecule has 0 fully saturated rings. The first-order valence-corrected chi connectivity index (χ1v) is 6.87. The van der Waals surface area contributed by atoms with Gasteiger partial charge in [0.2, 0.25) is 0 Å². The number of rotatable bonds is 9. The molecule has 0 spiro atoms. The van der Waals surface area contributed by atoms with Crippen LogP contribution >= 0.6 is 0 Å². The van der Waals surface area contributed by atoms with Crippen molar-refractivity contribution >= 4 is 14.8 Å². The Bertz CT molecular complexity index is 186. The molecule has 16 heavy (non-hydrogen) atoms. The number of carbonyl (C=O) groups excluding carboxylic acids is 1. The minimum absolute atomic E-state index is 0.214. The number of carbonyl (C=O) groups is 1. The quantitative estimate of drug-likeness (QED) is 0.337. The Morgan fingerprint density at radius 3 is 2.00 bits per heavy atom. The fourth-order valence-corrected chi connectivity index (χ4v) is 2.75. The Morgan fingerprint density at radius 1 is 1.00 bits per heavy atom. The summed E-state index contributed by atoms with van der Waals surface area (Å²) in [6.07, 6.45) is 0.214. The lowest BCUT2D eigenvalue weighted by atomic mass is 10.5. The molecule has 0 rings (SSSR count). The zero-order valence-corrected chi connectivity index (χ0v) is 11.3. The third-order valence-corrected chi connectivity index (χ3v) is 4.85. The van der Waals surface area contributed by atoms with Crippen LogP contribution in [0.2, 0.25) is 6.04 Å². The molecule has 0 atom stereocenters. The molecule has 0 amide bonds. The first kappa shape index (κ1) is 15.5. The summed E-state index contributed by atoms with van der Waals surface area (Å²) in [5.74, 6) is -0.305. The van der Waals surface area contributed by atoms with Gasteiger partial charge in [0.25, 0.3) is 0 Å². The first-order chi connectivity index (χ1) is 7.64. The second-order valence-corrected chi connectivity index (χ2v) is 6.10. The standard InChI is InChI=1S/C9H20O6Si/c1-11-6-7-15-9(10)5-8-16(12-2,13-3)14-4/h5-8H2,1-4H3. The number of hydrogen-bond acceptors (Lipinski definition) is 6. The van der Waals surface area contributed by atoms with Crippen molar-refractivity contribution in [1.82, 2.24) is 0 Å². The SMILES string of the molecule is COCCOC(=O)CC[Si](OC)(OC)OC. The fraction of sp³-hybridized carbons (Fsp3) is 0.889. The van der Waals surface area contributed by atoms with Gasteiger partial charge in [0.15, 0.2) is 0 Å². The van der Waals surface area contributed by atoms with Gasteiger partial charge in [-0.2, -0.15) is 0 Å². The van der Waals surface area contributed by atoms with Gasteiger partial charge in [-0.15, -0.1) is 0 Å². The predicted molar refractivity (Wildman–Crippen MR) is 59.0 cm³/mol. The van der Waals surface area contributed by atoms with Crippen LogP contribution in [0, 0.1) is 0 Å². The molecular formula is C9H20O6Si. The van der Waals surface area contributed by atoms with Crippen molar-refractivity contribution in [3.8, 4) is 0 Å². The Hall–Kier alpha value is -0.473. The van der Waals surface area contributed by atoms with Crippen LogP contribution in [0.4, 0.5) is 0 Å². The van der Waals surface area contributed by atoms with E-state index >= 15 is 0 Å². The highest BCUT2D eigenvalue weighted by atomic mass is 28.4. The van der Waals surface area contributed by atoms with Crippen molar-refractivity contribution in [2.45, 2.75) is 12.5 Å². The lowest BCUT2D eigenvalue weighted by Crippen LogP contribution is -2.43. The number of methoxy groups -OCH3 is 1. The average molecular weight is 252 g/mol. The first-order valence-electron chi connectivity index (χ1n) is 4.94. The van der Waals surface area contributed by atoms with Crippen molar-refractivity contribution in [2.75, 3.05) is 41.7 Å². The van der Waals surface area contributed by atoms with Crippen LogP contribution in [0.3, 0.4) is 0 Å². The minimum atomic E-state index is -2.66. The van der Waals surface area contributed by atoms with Crippen molar-refractivity contribution in [3.05, 3.63) is 0 Å². The van der Waals surface area contributed by atoms with Crippen molar-refractivity contribution < 1.29 is 27.5 Å². The average Bonchev–Trinajstić information content (AvgIpc) is 2.32. The molecule has 0 aromatic rings. The normalized spacial score (nSPS) is 11.5. The maximum Gasteiger partial charge on any atom is 0.500 e. The third kappa shape index (κ3) is 5.57. The molecule has 0 aromatic heterocycles. The van der Waals surface area contributed by atoms with E-state index in [1.165, 1.54) is 21.3 Å². The van der Waals surface area contributed by atoms with Gasteiger partial charge < -0.3 is 22.8 Å². The summed E-state index contributed by atoms with van der Waals surface area (Å²) in [4.78, 5) is 11.3. The van der Waals surface area contributed by atoms with E-state index in [2.05, 4.69) is 0 Å². The maximum absolute atomic E-state index is 11.3. The van der Waals surface area contributed by atoms with Gasteiger partial charge in [-0.1, -0.05) is 0 Å². The molecule has 6 nitrogen and oxygen atoms in total. The summed E-state index contributed by atoms with van der Waals surface area (Å²) in [7, 11) is 3.42. The van der Waals surface area contributed by atoms with Crippen molar-refractivity contribution in [2.24, 2.45) is 0 Å². The van der Waals surface area contributed by atoms with Crippen LogP contribution < -0.4 is 0 Å². The van der Waals surface area contributed by atoms with Crippen LogP contribution in [0.25, 0.3) is 0 Å². The zero-order chi connectivity index (χ0) is 12.4. The Balaban J connectivity index is 3.87. The summed E-state index contributed by atoms with van der Waals surface area (Å²) >= 11 is 0. The largest absolute Gasteiger partial charge is 0.500 e. The molecule has 96 valence electrons. The fourth-order valence-electron chi connectivity index (χ4n) is 1.12. The molecular weight excluding hydrogens is 232 g/mol. The van der Waals surface area contributed by atoms with E-state index in [0.717, 1.165) is 0 Å². The molecule has 0 N–H and O–H groups in total. The van der Waals surface area contributed by atoms with Crippen LogP contribution in [0.15, 0.2) is 0 Å². The molecule has 0 aliphatic rings. The third-order valence-electron chi connectivity index (χ3n) is 2.12. The van der Waals surface area contributed by atoms with Crippen LogP contribution in [0.1, 0.15) is 6.42 Å². The van der Waals surface area contributed by atoms with E-state index in [0.29, 0.717) is 12.7 Å². The highest BCUT2D eigenvalue weighted by Crippen LogP contribution is 2.15. The number of ether oxygens (including phenoxy) is 2. The predicted octanol–water partition coefficient (Wildman–Crippen LogP) is 0.444. The van der Waals surface area contributed by atoms with Crippen molar-refractivity contribution in [3.63, 3.8) is 0 Å². The molecule has 0 heterocycles. The van der Waals surface area contributed by atoms with Crippen LogP contribution in [-0.4, -0.2) is 56.4 Å². The zero-order valence-electron chi connectivity index (χ0n) is 10.3. The van der Waals surface area contributed by atoms with Gasteiger partial charge in [-0.05, 0) is 0 Å². The summed E-state index contributed by atoms with van der Waals surface area (Å²) in [5.41, 5.74) is 0. The summed E-state index contributed by atoms with van der Waals surface area (Å²) in [5, 5.41) is 0. The second-order valence-electron chi connectivity index (χ2n) is 3.01. The molecule has 0 aromatic carbocycles. The van der Waals surface area contributed by atoms with Gasteiger partial charge in [0, 0.05) is 40.9 Å². The molecule has 0 aliphatic carbocycles.